The molecule has 143 valence electrons. The highest BCUT2D eigenvalue weighted by Crippen LogP contribution is 2.33. The highest BCUT2D eigenvalue weighted by molar-refractivity contribution is 6.00. The van der Waals surface area contributed by atoms with E-state index >= 15 is 0 Å². The molecule has 1 radical (unpaired) electrons. The van der Waals surface area contributed by atoms with Crippen molar-refractivity contribution in [1.82, 2.24) is 4.90 Å². The van der Waals surface area contributed by atoms with Gasteiger partial charge in [0.05, 0.1) is 0 Å². The fourth-order valence-corrected chi connectivity index (χ4v) is 2.99. The molecule has 0 bridgehead atoms. The lowest BCUT2D eigenvalue weighted by atomic mass is 9.90. The predicted octanol–water partition coefficient (Wildman–Crippen LogP) is 5.13. The molecule has 0 aromatic heterocycles. The van der Waals surface area contributed by atoms with Crippen molar-refractivity contribution in [3.63, 3.8) is 0 Å². The van der Waals surface area contributed by atoms with Gasteiger partial charge in [-0.3, -0.25) is 0 Å². The van der Waals surface area contributed by atoms with Crippen LogP contribution < -0.4 is 4.74 Å². The number of benzene rings is 3. The Bertz CT molecular complexity index is 911. The zero-order chi connectivity index (χ0) is 19.9. The van der Waals surface area contributed by atoms with E-state index in [9.17, 15) is 5.11 Å². The van der Waals surface area contributed by atoms with Crippen LogP contribution in [0.1, 0.15) is 16.7 Å². The molecular weight excluding hydrogens is 346 g/mol. The molecule has 0 saturated heterocycles. The van der Waals surface area contributed by atoms with E-state index in [4.69, 9.17) is 4.74 Å². The van der Waals surface area contributed by atoms with Crippen LogP contribution in [0.15, 0.2) is 78.9 Å². The van der Waals surface area contributed by atoms with Crippen molar-refractivity contribution >= 4 is 11.1 Å². The molecule has 0 saturated carbocycles. The largest absolute Gasteiger partial charge is 0.508 e. The summed E-state index contributed by atoms with van der Waals surface area (Å²) in [4.78, 5) is 2.09. The number of phenolic OH excluding ortho intramolecular Hbond substituents is 1. The van der Waals surface area contributed by atoms with Crippen LogP contribution in [0.5, 0.6) is 11.5 Å². The van der Waals surface area contributed by atoms with Crippen molar-refractivity contribution in [2.75, 3.05) is 27.2 Å². The molecule has 28 heavy (non-hydrogen) atoms. The molecule has 1 N–H and O–H groups in total. The maximum absolute atomic E-state index is 9.67. The second kappa shape index (κ2) is 9.25. The first-order valence-electron chi connectivity index (χ1n) is 9.33. The minimum Gasteiger partial charge on any atom is -0.508 e. The number of allylic oxidation sites excluding steroid dienone is 1. The van der Waals surface area contributed by atoms with Crippen molar-refractivity contribution in [3.05, 3.63) is 102 Å². The number of phenols is 1. The highest BCUT2D eigenvalue weighted by atomic mass is 16.5. The number of likely N-dealkylation sites (N-methyl/N-ethyl adjacent to an activating group) is 1. The van der Waals surface area contributed by atoms with Gasteiger partial charge in [-0.15, -0.1) is 0 Å². The van der Waals surface area contributed by atoms with Gasteiger partial charge in [0.1, 0.15) is 18.1 Å². The number of hydrogen-bond donors (Lipinski definition) is 1. The lowest BCUT2D eigenvalue weighted by molar-refractivity contribution is 0.261. The van der Waals surface area contributed by atoms with Gasteiger partial charge in [0, 0.05) is 6.54 Å². The van der Waals surface area contributed by atoms with E-state index in [0.717, 1.165) is 40.1 Å². The van der Waals surface area contributed by atoms with E-state index < -0.39 is 0 Å². The van der Waals surface area contributed by atoms with Gasteiger partial charge in [0.2, 0.25) is 0 Å². The van der Waals surface area contributed by atoms with Crippen molar-refractivity contribution in [1.29, 1.82) is 0 Å². The second-order valence-electron chi connectivity index (χ2n) is 6.94. The number of ether oxygens (including phenoxy) is 1. The van der Waals surface area contributed by atoms with Gasteiger partial charge < -0.3 is 14.7 Å². The molecule has 3 aromatic rings. The summed E-state index contributed by atoms with van der Waals surface area (Å²) < 4.78 is 5.81. The first kappa shape index (κ1) is 19.7. The minimum absolute atomic E-state index is 0.248. The van der Waals surface area contributed by atoms with Crippen LogP contribution in [0.4, 0.5) is 0 Å². The first-order valence-corrected chi connectivity index (χ1v) is 9.33. The first-order chi connectivity index (χ1) is 13.5. The van der Waals surface area contributed by atoms with Crippen molar-refractivity contribution in [2.24, 2.45) is 0 Å². The fraction of sp³-hybridized carbons (Fsp3) is 0.160. The summed E-state index contributed by atoms with van der Waals surface area (Å²) in [6, 6.07) is 25.5. The monoisotopic (exact) mass is 372 g/mol. The molecule has 0 aliphatic rings. The SMILES string of the molecule is [CH2]/C(=C(/c1ccc(O)cc1)c1ccc(OCCN(C)C)cc1)c1ccccc1. The van der Waals surface area contributed by atoms with Crippen LogP contribution in [0.2, 0.25) is 0 Å². The summed E-state index contributed by atoms with van der Waals surface area (Å²) in [6.45, 7) is 5.88. The molecule has 0 unspecified atom stereocenters. The number of rotatable bonds is 7. The molecule has 0 atom stereocenters. The third-order valence-corrected chi connectivity index (χ3v) is 4.53. The normalized spacial score (nSPS) is 12.0. The van der Waals surface area contributed by atoms with Crippen molar-refractivity contribution in [2.45, 2.75) is 0 Å². The minimum atomic E-state index is 0.248. The van der Waals surface area contributed by atoms with Crippen molar-refractivity contribution in [3.8, 4) is 11.5 Å². The molecule has 3 rings (SSSR count). The average Bonchev–Trinajstić information content (AvgIpc) is 2.71. The maximum Gasteiger partial charge on any atom is 0.119 e. The molecule has 3 heteroatoms. The van der Waals surface area contributed by atoms with Crippen LogP contribution in [0.25, 0.3) is 11.1 Å². The maximum atomic E-state index is 9.67. The number of aromatic hydroxyl groups is 1. The Kier molecular flexibility index (Phi) is 6.51. The standard InChI is InChI=1S/C25H26NO2/c1-19(20-7-5-4-6-8-20)25(21-9-13-23(27)14-10-21)22-11-15-24(16-12-22)28-18-17-26(2)3/h4-16,27H,1,17-18H2,2-3H3/b25-19+. The molecule has 0 heterocycles. The van der Waals surface area contributed by atoms with Gasteiger partial charge in [-0.1, -0.05) is 54.6 Å². The molecular formula is C25H26NO2. The van der Waals surface area contributed by atoms with Crippen LogP contribution in [-0.4, -0.2) is 37.3 Å². The summed E-state index contributed by atoms with van der Waals surface area (Å²) in [5.41, 5.74) is 5.10. The smallest absolute Gasteiger partial charge is 0.119 e. The van der Waals surface area contributed by atoms with E-state index in [0.29, 0.717) is 6.61 Å². The van der Waals surface area contributed by atoms with Gasteiger partial charge in [0.15, 0.2) is 0 Å². The number of nitrogens with zero attached hydrogens (tertiary/aromatic N) is 1. The second-order valence-corrected chi connectivity index (χ2v) is 6.94. The lowest BCUT2D eigenvalue weighted by Gasteiger charge is -2.15. The molecule has 0 fully saturated rings. The van der Waals surface area contributed by atoms with Crippen LogP contribution >= 0.6 is 0 Å². The van der Waals surface area contributed by atoms with Gasteiger partial charge in [-0.25, -0.2) is 0 Å². The third-order valence-electron chi connectivity index (χ3n) is 4.53. The predicted molar refractivity (Wildman–Crippen MR) is 116 cm³/mol. The van der Waals surface area contributed by atoms with Crippen LogP contribution in [0, 0.1) is 6.92 Å². The Hall–Kier alpha value is -3.04. The average molecular weight is 372 g/mol. The molecule has 3 nitrogen and oxygen atoms in total. The Morgan fingerprint density at radius 1 is 0.821 bits per heavy atom. The quantitative estimate of drug-likeness (QED) is 0.584. The zero-order valence-corrected chi connectivity index (χ0v) is 16.4. The summed E-state index contributed by atoms with van der Waals surface area (Å²) in [5, 5.41) is 9.67. The Balaban J connectivity index is 1.97. The molecule has 0 spiro atoms. The van der Waals surface area contributed by atoms with Gasteiger partial charge >= 0.3 is 0 Å². The van der Waals surface area contributed by atoms with E-state index in [2.05, 4.69) is 36.1 Å². The summed E-state index contributed by atoms with van der Waals surface area (Å²) in [5.74, 6) is 1.10. The highest BCUT2D eigenvalue weighted by Gasteiger charge is 2.11. The molecule has 0 aliphatic carbocycles. The van der Waals surface area contributed by atoms with E-state index in [1.54, 1.807) is 12.1 Å². The molecule has 0 aliphatic heterocycles. The molecule has 0 amide bonds. The molecule has 3 aromatic carbocycles. The fourth-order valence-electron chi connectivity index (χ4n) is 2.99. The van der Waals surface area contributed by atoms with E-state index in [-0.39, 0.29) is 5.75 Å². The van der Waals surface area contributed by atoms with Gasteiger partial charge in [0.25, 0.3) is 0 Å². The Labute approximate surface area is 167 Å². The lowest BCUT2D eigenvalue weighted by Crippen LogP contribution is -2.19. The zero-order valence-electron chi connectivity index (χ0n) is 16.4. The van der Waals surface area contributed by atoms with E-state index in [1.165, 1.54) is 0 Å². The Morgan fingerprint density at radius 3 is 1.96 bits per heavy atom. The van der Waals surface area contributed by atoms with Gasteiger partial charge in [-0.2, -0.15) is 0 Å². The summed E-state index contributed by atoms with van der Waals surface area (Å²) in [7, 11) is 4.06. The summed E-state index contributed by atoms with van der Waals surface area (Å²) in [6.07, 6.45) is 0. The van der Waals surface area contributed by atoms with Gasteiger partial charge in [-0.05, 0) is 73.1 Å². The summed E-state index contributed by atoms with van der Waals surface area (Å²) >= 11 is 0. The van der Waals surface area contributed by atoms with E-state index in [1.807, 2.05) is 56.6 Å². The Morgan fingerprint density at radius 2 is 1.39 bits per heavy atom. The van der Waals surface area contributed by atoms with Crippen LogP contribution in [0.3, 0.4) is 0 Å². The van der Waals surface area contributed by atoms with Crippen LogP contribution in [-0.2, 0) is 0 Å². The number of hydrogen-bond acceptors (Lipinski definition) is 3. The topological polar surface area (TPSA) is 32.7 Å². The third kappa shape index (κ3) is 5.02. The van der Waals surface area contributed by atoms with Crippen molar-refractivity contribution < 1.29 is 9.84 Å².